The van der Waals surface area contributed by atoms with Crippen LogP contribution in [-0.2, 0) is 4.79 Å². The first-order valence-electron chi connectivity index (χ1n) is 7.03. The molecule has 1 aliphatic rings. The third-order valence-electron chi connectivity index (χ3n) is 3.88. The number of rotatable bonds is 7. The van der Waals surface area contributed by atoms with Crippen molar-refractivity contribution >= 4 is 5.97 Å². The average molecular weight is 241 g/mol. The Kier molecular flexibility index (Phi) is 6.56. The van der Waals surface area contributed by atoms with Crippen LogP contribution in [0.15, 0.2) is 0 Å². The summed E-state index contributed by atoms with van der Waals surface area (Å²) in [5, 5.41) is 12.0. The highest BCUT2D eigenvalue weighted by Crippen LogP contribution is 2.30. The molecule has 3 atom stereocenters. The molecule has 3 heteroatoms. The predicted molar refractivity (Wildman–Crippen MR) is 70.1 cm³/mol. The van der Waals surface area contributed by atoms with Gasteiger partial charge in [-0.2, -0.15) is 0 Å². The van der Waals surface area contributed by atoms with Crippen LogP contribution in [0.4, 0.5) is 0 Å². The summed E-state index contributed by atoms with van der Waals surface area (Å²) in [7, 11) is 0. The second-order valence-corrected chi connectivity index (χ2v) is 5.71. The Hall–Kier alpha value is -0.570. The van der Waals surface area contributed by atoms with E-state index in [0.29, 0.717) is 6.04 Å². The highest BCUT2D eigenvalue weighted by molar-refractivity contribution is 5.66. The van der Waals surface area contributed by atoms with Crippen LogP contribution in [0, 0.1) is 11.8 Å². The van der Waals surface area contributed by atoms with Crippen LogP contribution in [-0.4, -0.2) is 23.7 Å². The van der Waals surface area contributed by atoms with E-state index in [1.165, 1.54) is 32.1 Å². The number of aliphatic carboxylic acids is 1. The van der Waals surface area contributed by atoms with E-state index in [1.54, 1.807) is 0 Å². The summed E-state index contributed by atoms with van der Waals surface area (Å²) in [6.45, 7) is 5.47. The fourth-order valence-corrected chi connectivity index (χ4v) is 2.80. The molecule has 0 saturated heterocycles. The minimum absolute atomic E-state index is 0.272. The van der Waals surface area contributed by atoms with E-state index in [0.717, 1.165) is 24.8 Å². The molecule has 0 heterocycles. The quantitative estimate of drug-likeness (QED) is 0.720. The second kappa shape index (κ2) is 7.70. The molecule has 0 radical (unpaired) electrons. The first-order valence-corrected chi connectivity index (χ1v) is 7.03. The largest absolute Gasteiger partial charge is 0.481 e. The molecule has 100 valence electrons. The molecule has 1 aliphatic carbocycles. The second-order valence-electron chi connectivity index (χ2n) is 5.71. The normalized spacial score (nSPS) is 26.7. The van der Waals surface area contributed by atoms with Crippen molar-refractivity contribution in [1.82, 2.24) is 5.32 Å². The van der Waals surface area contributed by atoms with Gasteiger partial charge in [0.15, 0.2) is 0 Å². The lowest BCUT2D eigenvalue weighted by Gasteiger charge is -2.27. The van der Waals surface area contributed by atoms with Crippen molar-refractivity contribution in [2.45, 2.75) is 64.8 Å². The van der Waals surface area contributed by atoms with Crippen molar-refractivity contribution in [3.8, 4) is 0 Å². The van der Waals surface area contributed by atoms with Gasteiger partial charge in [-0.15, -0.1) is 0 Å². The summed E-state index contributed by atoms with van der Waals surface area (Å²) in [5.74, 6) is 1.09. The van der Waals surface area contributed by atoms with Gasteiger partial charge >= 0.3 is 5.97 Å². The number of carbonyl (C=O) groups is 1. The highest BCUT2D eigenvalue weighted by Gasteiger charge is 2.18. The van der Waals surface area contributed by atoms with E-state index < -0.39 is 5.97 Å². The lowest BCUT2D eigenvalue weighted by atomic mass is 9.81. The van der Waals surface area contributed by atoms with Gasteiger partial charge in [-0.05, 0) is 44.6 Å². The Morgan fingerprint density at radius 2 is 2.24 bits per heavy atom. The van der Waals surface area contributed by atoms with Gasteiger partial charge in [-0.25, -0.2) is 0 Å². The van der Waals surface area contributed by atoms with Gasteiger partial charge in [0.25, 0.3) is 0 Å². The average Bonchev–Trinajstić information content (AvgIpc) is 2.26. The van der Waals surface area contributed by atoms with Gasteiger partial charge in [-0.1, -0.05) is 26.2 Å². The van der Waals surface area contributed by atoms with Crippen LogP contribution in [0.3, 0.4) is 0 Å². The molecule has 0 amide bonds. The van der Waals surface area contributed by atoms with Gasteiger partial charge < -0.3 is 10.4 Å². The molecule has 1 saturated carbocycles. The summed E-state index contributed by atoms with van der Waals surface area (Å²) in [4.78, 5) is 10.4. The molecular weight excluding hydrogens is 214 g/mol. The molecule has 0 aromatic heterocycles. The fourth-order valence-electron chi connectivity index (χ4n) is 2.80. The van der Waals surface area contributed by atoms with Crippen LogP contribution >= 0.6 is 0 Å². The zero-order valence-corrected chi connectivity index (χ0v) is 11.2. The van der Waals surface area contributed by atoms with Crippen molar-refractivity contribution in [2.24, 2.45) is 11.8 Å². The van der Waals surface area contributed by atoms with E-state index in [4.69, 9.17) is 5.11 Å². The smallest absolute Gasteiger partial charge is 0.303 e. The van der Waals surface area contributed by atoms with Crippen molar-refractivity contribution < 1.29 is 9.90 Å². The lowest BCUT2D eigenvalue weighted by molar-refractivity contribution is -0.137. The minimum atomic E-state index is -0.695. The number of hydrogen-bond acceptors (Lipinski definition) is 2. The zero-order chi connectivity index (χ0) is 12.7. The Morgan fingerprint density at radius 3 is 2.88 bits per heavy atom. The van der Waals surface area contributed by atoms with Gasteiger partial charge in [0.2, 0.25) is 0 Å². The maximum Gasteiger partial charge on any atom is 0.303 e. The van der Waals surface area contributed by atoms with Gasteiger partial charge in [0, 0.05) is 12.5 Å². The first kappa shape index (κ1) is 14.5. The van der Waals surface area contributed by atoms with Crippen LogP contribution < -0.4 is 5.32 Å². The van der Waals surface area contributed by atoms with Crippen LogP contribution in [0.5, 0.6) is 0 Å². The van der Waals surface area contributed by atoms with Crippen molar-refractivity contribution in [3.63, 3.8) is 0 Å². The standard InChI is InChI=1S/C14H27NO2/c1-11-4-3-5-13(10-11)8-9-15-12(2)6-7-14(16)17/h11-13,15H,3-10H2,1-2H3,(H,16,17). The zero-order valence-electron chi connectivity index (χ0n) is 11.2. The van der Waals surface area contributed by atoms with Crippen LogP contribution in [0.1, 0.15) is 58.8 Å². The van der Waals surface area contributed by atoms with Crippen molar-refractivity contribution in [2.75, 3.05) is 6.54 Å². The molecule has 3 nitrogen and oxygen atoms in total. The molecule has 0 aliphatic heterocycles. The van der Waals surface area contributed by atoms with Crippen molar-refractivity contribution in [3.05, 3.63) is 0 Å². The molecule has 0 aromatic carbocycles. The molecule has 0 bridgehead atoms. The Morgan fingerprint density at radius 1 is 1.47 bits per heavy atom. The molecular formula is C14H27NO2. The minimum Gasteiger partial charge on any atom is -0.481 e. The van der Waals surface area contributed by atoms with Crippen LogP contribution in [0.25, 0.3) is 0 Å². The topological polar surface area (TPSA) is 49.3 Å². The van der Waals surface area contributed by atoms with Gasteiger partial charge in [0.05, 0.1) is 0 Å². The van der Waals surface area contributed by atoms with Crippen molar-refractivity contribution in [1.29, 1.82) is 0 Å². The van der Waals surface area contributed by atoms with Gasteiger partial charge in [0.1, 0.15) is 0 Å². The number of nitrogens with one attached hydrogen (secondary N) is 1. The number of carboxylic acid groups (broad SMARTS) is 1. The van der Waals surface area contributed by atoms with Crippen LogP contribution in [0.2, 0.25) is 0 Å². The fraction of sp³-hybridized carbons (Fsp3) is 0.929. The highest BCUT2D eigenvalue weighted by atomic mass is 16.4. The molecule has 17 heavy (non-hydrogen) atoms. The molecule has 0 aromatic rings. The maximum absolute atomic E-state index is 10.4. The summed E-state index contributed by atoms with van der Waals surface area (Å²) in [6.07, 6.45) is 7.81. The van der Waals surface area contributed by atoms with E-state index in [-0.39, 0.29) is 6.42 Å². The molecule has 1 rings (SSSR count). The van der Waals surface area contributed by atoms with E-state index >= 15 is 0 Å². The molecule has 3 unspecified atom stereocenters. The first-order chi connectivity index (χ1) is 8.08. The third-order valence-corrected chi connectivity index (χ3v) is 3.88. The van der Waals surface area contributed by atoms with E-state index in [9.17, 15) is 4.79 Å². The molecule has 0 spiro atoms. The summed E-state index contributed by atoms with van der Waals surface area (Å²) >= 11 is 0. The summed E-state index contributed by atoms with van der Waals surface area (Å²) < 4.78 is 0. The summed E-state index contributed by atoms with van der Waals surface area (Å²) in [5.41, 5.74) is 0. The molecule has 2 N–H and O–H groups in total. The predicted octanol–water partition coefficient (Wildman–Crippen LogP) is 3.05. The SMILES string of the molecule is CC1CCCC(CCNC(C)CCC(=O)O)C1. The lowest BCUT2D eigenvalue weighted by Crippen LogP contribution is -2.29. The van der Waals surface area contributed by atoms with E-state index in [2.05, 4.69) is 19.2 Å². The van der Waals surface area contributed by atoms with E-state index in [1.807, 2.05) is 0 Å². The number of carboxylic acids is 1. The monoisotopic (exact) mass is 241 g/mol. The summed E-state index contributed by atoms with van der Waals surface area (Å²) in [6, 6.07) is 0.326. The molecule has 1 fully saturated rings. The maximum atomic E-state index is 10.4. The Bertz CT molecular complexity index is 230. The Balaban J connectivity index is 2.04. The third kappa shape index (κ3) is 6.67. The number of hydrogen-bond donors (Lipinski definition) is 2. The Labute approximate surface area is 105 Å². The van der Waals surface area contributed by atoms with Gasteiger partial charge in [-0.3, -0.25) is 4.79 Å².